The van der Waals surface area contributed by atoms with E-state index < -0.39 is 24.4 Å². The van der Waals surface area contributed by atoms with Crippen LogP contribution in [-0.4, -0.2) is 35.5 Å². The summed E-state index contributed by atoms with van der Waals surface area (Å²) < 4.78 is 36.9. The van der Waals surface area contributed by atoms with Gasteiger partial charge in [0, 0.05) is 17.3 Å². The number of hydrazone groups is 1. The van der Waals surface area contributed by atoms with Crippen molar-refractivity contribution in [1.82, 2.24) is 5.32 Å². The summed E-state index contributed by atoms with van der Waals surface area (Å²) in [6, 6.07) is 14.8. The molecule has 1 fully saturated rings. The highest BCUT2D eigenvalue weighted by atomic mass is 19.4. The number of anilines is 1. The lowest BCUT2D eigenvalue weighted by Gasteiger charge is -2.11. The molecule has 2 amide bonds. The molecule has 0 atom stereocenters. The fourth-order valence-electron chi connectivity index (χ4n) is 2.69. The molecule has 0 aliphatic heterocycles. The highest BCUT2D eigenvalue weighted by molar-refractivity contribution is 6.70. The number of nitrogens with two attached hydrogens (primary N) is 1. The second-order valence-electron chi connectivity index (χ2n) is 6.94. The second kappa shape index (κ2) is 9.41. The Morgan fingerprint density at radius 2 is 1.68 bits per heavy atom. The van der Waals surface area contributed by atoms with Crippen LogP contribution in [0.15, 0.2) is 64.7 Å². The van der Waals surface area contributed by atoms with E-state index in [1.807, 2.05) is 6.07 Å². The molecule has 0 radical (unpaired) electrons. The molecule has 0 saturated heterocycles. The zero-order chi connectivity index (χ0) is 22.4. The number of rotatable bonds is 7. The van der Waals surface area contributed by atoms with Crippen molar-refractivity contribution in [2.75, 3.05) is 5.32 Å². The molecule has 162 valence electrons. The number of halogens is 3. The highest BCUT2D eigenvalue weighted by Crippen LogP contribution is 2.23. The molecule has 4 N–H and O–H groups in total. The minimum absolute atomic E-state index is 0.0411. The van der Waals surface area contributed by atoms with Crippen molar-refractivity contribution in [3.8, 4) is 0 Å². The average molecular weight is 431 g/mol. The Bertz CT molecular complexity index is 998. The molecule has 0 heterocycles. The Kier molecular flexibility index (Phi) is 6.68. The van der Waals surface area contributed by atoms with Crippen molar-refractivity contribution in [3.05, 3.63) is 60.2 Å². The SMILES string of the molecule is NN=C(C(=O)NC1CC1)C(=Nc1ccc(NC(=O)CC(F)(F)F)cc1)c1ccccc1. The van der Waals surface area contributed by atoms with Gasteiger partial charge in [-0.15, -0.1) is 0 Å². The third-order valence-electron chi connectivity index (χ3n) is 4.28. The van der Waals surface area contributed by atoms with Gasteiger partial charge >= 0.3 is 6.18 Å². The van der Waals surface area contributed by atoms with Crippen LogP contribution in [0.5, 0.6) is 0 Å². The van der Waals surface area contributed by atoms with Gasteiger partial charge in [0.1, 0.15) is 12.1 Å². The highest BCUT2D eigenvalue weighted by Gasteiger charge is 2.31. The van der Waals surface area contributed by atoms with Crippen LogP contribution in [0.1, 0.15) is 24.8 Å². The lowest BCUT2D eigenvalue weighted by Crippen LogP contribution is -2.38. The van der Waals surface area contributed by atoms with Crippen LogP contribution in [0.2, 0.25) is 0 Å². The van der Waals surface area contributed by atoms with Gasteiger partial charge in [0.25, 0.3) is 5.91 Å². The predicted octanol–water partition coefficient (Wildman–Crippen LogP) is 3.29. The van der Waals surface area contributed by atoms with E-state index >= 15 is 0 Å². The van der Waals surface area contributed by atoms with E-state index in [2.05, 4.69) is 20.7 Å². The summed E-state index contributed by atoms with van der Waals surface area (Å²) in [5, 5.41) is 8.64. The lowest BCUT2D eigenvalue weighted by molar-refractivity contribution is -0.150. The first kappa shape index (κ1) is 22.0. The van der Waals surface area contributed by atoms with Crippen molar-refractivity contribution in [2.24, 2.45) is 15.9 Å². The van der Waals surface area contributed by atoms with E-state index in [-0.39, 0.29) is 23.2 Å². The summed E-state index contributed by atoms with van der Waals surface area (Å²) in [6.07, 6.45) is -4.37. The summed E-state index contributed by atoms with van der Waals surface area (Å²) in [7, 11) is 0. The van der Waals surface area contributed by atoms with Crippen molar-refractivity contribution in [2.45, 2.75) is 31.5 Å². The molecule has 0 unspecified atom stereocenters. The maximum absolute atomic E-state index is 12.6. The van der Waals surface area contributed by atoms with Crippen molar-refractivity contribution >= 4 is 34.6 Å². The molecule has 0 spiro atoms. The largest absolute Gasteiger partial charge is 0.397 e. The Balaban J connectivity index is 1.84. The number of aliphatic imine (C=N–C) groups is 1. The number of nitrogens with one attached hydrogen (secondary N) is 2. The Labute approximate surface area is 176 Å². The molecule has 31 heavy (non-hydrogen) atoms. The van der Waals surface area contributed by atoms with E-state index in [1.54, 1.807) is 24.3 Å². The molecule has 2 aromatic carbocycles. The third-order valence-corrected chi connectivity index (χ3v) is 4.28. The molecule has 7 nitrogen and oxygen atoms in total. The van der Waals surface area contributed by atoms with Crippen molar-refractivity contribution < 1.29 is 22.8 Å². The molecular weight excluding hydrogens is 411 g/mol. The van der Waals surface area contributed by atoms with Crippen LogP contribution in [-0.2, 0) is 9.59 Å². The Morgan fingerprint density at radius 1 is 1.03 bits per heavy atom. The molecule has 1 aliphatic rings. The summed E-state index contributed by atoms with van der Waals surface area (Å²) in [5.74, 6) is 3.89. The van der Waals surface area contributed by atoms with Gasteiger partial charge in [0.15, 0.2) is 5.71 Å². The van der Waals surface area contributed by atoms with Crippen molar-refractivity contribution in [3.63, 3.8) is 0 Å². The van der Waals surface area contributed by atoms with Gasteiger partial charge in [-0.25, -0.2) is 4.99 Å². The topological polar surface area (TPSA) is 109 Å². The molecule has 1 aliphatic carbocycles. The molecule has 10 heteroatoms. The third kappa shape index (κ3) is 6.66. The quantitative estimate of drug-likeness (QED) is 0.356. The molecule has 3 rings (SSSR count). The van der Waals surface area contributed by atoms with Crippen LogP contribution >= 0.6 is 0 Å². The molecule has 0 bridgehead atoms. The van der Waals surface area contributed by atoms with Crippen molar-refractivity contribution in [1.29, 1.82) is 0 Å². The zero-order valence-corrected chi connectivity index (χ0v) is 16.3. The number of carbonyl (C=O) groups excluding carboxylic acids is 2. The number of benzene rings is 2. The minimum atomic E-state index is -4.59. The van der Waals surface area contributed by atoms with Crippen LogP contribution in [0.25, 0.3) is 0 Å². The number of alkyl halides is 3. The van der Waals surface area contributed by atoms with Crippen LogP contribution < -0.4 is 16.5 Å². The maximum atomic E-state index is 12.6. The number of carbonyl (C=O) groups is 2. The fraction of sp³-hybridized carbons (Fsp3) is 0.238. The fourth-order valence-corrected chi connectivity index (χ4v) is 2.69. The smallest absolute Gasteiger partial charge is 0.348 e. The van der Waals surface area contributed by atoms with E-state index in [0.717, 1.165) is 12.8 Å². The van der Waals surface area contributed by atoms with E-state index in [0.29, 0.717) is 11.3 Å². The zero-order valence-electron chi connectivity index (χ0n) is 16.3. The number of amides is 2. The summed E-state index contributed by atoms with van der Waals surface area (Å²) >= 11 is 0. The second-order valence-corrected chi connectivity index (χ2v) is 6.94. The molecule has 2 aromatic rings. The predicted molar refractivity (Wildman–Crippen MR) is 111 cm³/mol. The standard InChI is InChI=1S/C21H20F3N5O2/c22-21(23,24)12-17(30)26-14-6-8-15(9-7-14)27-18(13-4-2-1-3-5-13)19(29-25)20(31)28-16-10-11-16/h1-9,16H,10-12,25H2,(H,26,30)(H,28,31). The monoisotopic (exact) mass is 431 g/mol. The van der Waals surface area contributed by atoms with Gasteiger partial charge in [-0.2, -0.15) is 18.3 Å². The van der Waals surface area contributed by atoms with Gasteiger partial charge in [-0.1, -0.05) is 30.3 Å². The van der Waals surface area contributed by atoms with E-state index in [4.69, 9.17) is 5.84 Å². The molecule has 1 saturated carbocycles. The summed E-state index contributed by atoms with van der Waals surface area (Å²) in [5.41, 5.74) is 1.40. The Hall–Kier alpha value is -3.69. The van der Waals surface area contributed by atoms with Crippen LogP contribution in [0.4, 0.5) is 24.5 Å². The van der Waals surface area contributed by atoms with Gasteiger partial charge in [0.05, 0.1) is 5.69 Å². The van der Waals surface area contributed by atoms with Gasteiger partial charge < -0.3 is 16.5 Å². The van der Waals surface area contributed by atoms with Gasteiger partial charge in [-0.3, -0.25) is 9.59 Å². The molecular formula is C21H20F3N5O2. The van der Waals surface area contributed by atoms with E-state index in [9.17, 15) is 22.8 Å². The number of hydrogen-bond acceptors (Lipinski definition) is 5. The molecule has 0 aromatic heterocycles. The van der Waals surface area contributed by atoms with Crippen LogP contribution in [0, 0.1) is 0 Å². The first-order valence-electron chi connectivity index (χ1n) is 9.45. The normalized spacial score (nSPS) is 14.8. The maximum Gasteiger partial charge on any atom is 0.397 e. The van der Waals surface area contributed by atoms with Gasteiger partial charge in [0.2, 0.25) is 5.91 Å². The number of nitrogens with zero attached hydrogens (tertiary/aromatic N) is 2. The lowest BCUT2D eigenvalue weighted by atomic mass is 10.0. The summed E-state index contributed by atoms with van der Waals surface area (Å²) in [6.45, 7) is 0. The summed E-state index contributed by atoms with van der Waals surface area (Å²) in [4.78, 5) is 28.5. The minimum Gasteiger partial charge on any atom is -0.348 e. The Morgan fingerprint density at radius 3 is 2.23 bits per heavy atom. The first-order valence-corrected chi connectivity index (χ1v) is 9.45. The van der Waals surface area contributed by atoms with Gasteiger partial charge in [-0.05, 0) is 37.1 Å². The number of hydrogen-bond donors (Lipinski definition) is 3. The first-order chi connectivity index (χ1) is 14.7. The van der Waals surface area contributed by atoms with Crippen LogP contribution in [0.3, 0.4) is 0 Å². The van der Waals surface area contributed by atoms with E-state index in [1.165, 1.54) is 24.3 Å². The average Bonchev–Trinajstić information content (AvgIpc) is 3.52.